The van der Waals surface area contributed by atoms with Gasteiger partial charge in [-0.15, -0.1) is 0 Å². The Kier molecular flexibility index (Phi) is 6.25. The number of nitrogens with one attached hydrogen (secondary N) is 1. The third-order valence-corrected chi connectivity index (χ3v) is 5.97. The van der Waals surface area contributed by atoms with Gasteiger partial charge in [-0.2, -0.15) is 0 Å². The van der Waals surface area contributed by atoms with E-state index in [4.69, 9.17) is 14.5 Å². The zero-order valence-electron chi connectivity index (χ0n) is 16.8. The number of para-hydroxylation sites is 1. The summed E-state index contributed by atoms with van der Waals surface area (Å²) in [5.41, 5.74) is 3.33. The summed E-state index contributed by atoms with van der Waals surface area (Å²) in [4.78, 5) is 18.1. The van der Waals surface area contributed by atoms with Crippen LogP contribution in [-0.2, 0) is 0 Å². The van der Waals surface area contributed by atoms with E-state index in [0.29, 0.717) is 28.4 Å². The van der Waals surface area contributed by atoms with Crippen molar-refractivity contribution in [2.45, 2.75) is 0 Å². The first-order chi connectivity index (χ1) is 15.0. The lowest BCUT2D eigenvalue weighted by Gasteiger charge is -2.14. The summed E-state index contributed by atoms with van der Waals surface area (Å²) >= 11 is 6.92. The van der Waals surface area contributed by atoms with Crippen molar-refractivity contribution < 1.29 is 14.3 Å². The normalized spacial score (nSPS) is 10.7. The number of fused-ring (bicyclic) bond motifs is 1. The van der Waals surface area contributed by atoms with Gasteiger partial charge in [0.25, 0.3) is 5.91 Å². The van der Waals surface area contributed by atoms with Crippen molar-refractivity contribution in [2.75, 3.05) is 19.5 Å². The molecule has 4 rings (SSSR count). The van der Waals surface area contributed by atoms with Crippen LogP contribution in [0.5, 0.6) is 11.5 Å². The van der Waals surface area contributed by atoms with Crippen molar-refractivity contribution in [1.82, 2.24) is 4.98 Å². The second-order valence-corrected chi connectivity index (χ2v) is 8.49. The van der Waals surface area contributed by atoms with Gasteiger partial charge in [-0.3, -0.25) is 4.79 Å². The molecule has 1 amide bonds. The van der Waals surface area contributed by atoms with Crippen LogP contribution in [0.4, 0.5) is 5.69 Å². The van der Waals surface area contributed by atoms with Crippen molar-refractivity contribution in [3.63, 3.8) is 0 Å². The average molecular weight is 542 g/mol. The Morgan fingerprint density at radius 1 is 0.935 bits per heavy atom. The van der Waals surface area contributed by atoms with E-state index in [9.17, 15) is 4.79 Å². The quantitative estimate of drug-likeness (QED) is 0.305. The van der Waals surface area contributed by atoms with E-state index in [0.717, 1.165) is 25.4 Å². The van der Waals surface area contributed by atoms with E-state index in [1.165, 1.54) is 0 Å². The number of anilines is 1. The lowest BCUT2D eigenvalue weighted by Crippen LogP contribution is -2.13. The fourth-order valence-electron chi connectivity index (χ4n) is 3.29. The van der Waals surface area contributed by atoms with Gasteiger partial charge in [0, 0.05) is 26.0 Å². The lowest BCUT2D eigenvalue weighted by atomic mass is 10.0. The summed E-state index contributed by atoms with van der Waals surface area (Å²) in [7, 11) is 3.20. The van der Waals surface area contributed by atoms with Crippen LogP contribution in [-0.4, -0.2) is 25.1 Å². The molecule has 1 heterocycles. The minimum atomic E-state index is -0.227. The van der Waals surface area contributed by atoms with Gasteiger partial charge in [-0.25, -0.2) is 4.98 Å². The molecule has 0 radical (unpaired) electrons. The predicted molar refractivity (Wildman–Crippen MR) is 130 cm³/mol. The van der Waals surface area contributed by atoms with Gasteiger partial charge >= 0.3 is 0 Å². The first-order valence-electron chi connectivity index (χ1n) is 9.38. The Hall–Kier alpha value is -2.90. The van der Waals surface area contributed by atoms with Crippen molar-refractivity contribution >= 4 is 54.4 Å². The number of nitrogens with zero attached hydrogens (tertiary/aromatic N) is 1. The maximum atomic E-state index is 13.3. The molecule has 1 N–H and O–H groups in total. The monoisotopic (exact) mass is 540 g/mol. The van der Waals surface area contributed by atoms with E-state index in [1.807, 2.05) is 54.6 Å². The maximum Gasteiger partial charge on any atom is 0.256 e. The Balaban J connectivity index is 1.83. The number of halogens is 2. The van der Waals surface area contributed by atoms with Crippen molar-refractivity contribution in [3.8, 4) is 22.8 Å². The summed E-state index contributed by atoms with van der Waals surface area (Å²) in [6, 6.07) is 20.5. The van der Waals surface area contributed by atoms with E-state index in [2.05, 4.69) is 37.2 Å². The Labute approximate surface area is 196 Å². The second kappa shape index (κ2) is 9.08. The van der Waals surface area contributed by atoms with Gasteiger partial charge in [0.2, 0.25) is 0 Å². The molecule has 0 unspecified atom stereocenters. The zero-order chi connectivity index (χ0) is 22.0. The molecule has 0 bridgehead atoms. The molecule has 0 aliphatic carbocycles. The molecule has 31 heavy (non-hydrogen) atoms. The number of ether oxygens (including phenoxy) is 2. The van der Waals surface area contributed by atoms with Gasteiger partial charge in [-0.05, 0) is 58.4 Å². The van der Waals surface area contributed by atoms with Crippen LogP contribution in [0.25, 0.3) is 22.2 Å². The SMILES string of the molecule is COc1ccc(-c2cc(C(=O)Nc3ccc(Br)cc3Br)c3ccccc3n2)c(OC)c1. The number of hydrogen-bond acceptors (Lipinski definition) is 4. The smallest absolute Gasteiger partial charge is 0.256 e. The second-order valence-electron chi connectivity index (χ2n) is 6.72. The van der Waals surface area contributed by atoms with E-state index < -0.39 is 0 Å². The topological polar surface area (TPSA) is 60.5 Å². The minimum absolute atomic E-state index is 0.227. The highest BCUT2D eigenvalue weighted by atomic mass is 79.9. The highest BCUT2D eigenvalue weighted by Gasteiger charge is 2.17. The number of carbonyl (C=O) groups is 1. The Bertz CT molecular complexity index is 1290. The standard InChI is InChI=1S/C24H18Br2N2O3/c1-30-15-8-9-17(23(12-15)31-2)22-13-18(16-5-3-4-6-20(16)27-22)24(29)28-21-10-7-14(25)11-19(21)26/h3-13H,1-2H3,(H,28,29). The fourth-order valence-corrected chi connectivity index (χ4v) is 4.44. The maximum absolute atomic E-state index is 13.3. The number of hydrogen-bond donors (Lipinski definition) is 1. The molecule has 156 valence electrons. The molecular weight excluding hydrogens is 524 g/mol. The van der Waals surface area contributed by atoms with Crippen LogP contribution >= 0.6 is 31.9 Å². The number of carbonyl (C=O) groups excluding carboxylic acids is 1. The predicted octanol–water partition coefficient (Wildman–Crippen LogP) is 6.70. The van der Waals surface area contributed by atoms with Crippen LogP contribution in [0, 0.1) is 0 Å². The molecule has 0 aliphatic heterocycles. The molecule has 7 heteroatoms. The molecule has 0 spiro atoms. The third kappa shape index (κ3) is 4.43. The molecule has 4 aromatic rings. The first kappa shape index (κ1) is 21.3. The van der Waals surface area contributed by atoms with Crippen molar-refractivity contribution in [2.24, 2.45) is 0 Å². The molecule has 0 atom stereocenters. The van der Waals surface area contributed by atoms with Crippen molar-refractivity contribution in [3.05, 3.63) is 81.2 Å². The molecule has 5 nitrogen and oxygen atoms in total. The fraction of sp³-hybridized carbons (Fsp3) is 0.0833. The summed E-state index contributed by atoms with van der Waals surface area (Å²) in [5.74, 6) is 1.07. The number of pyridine rings is 1. The van der Waals surface area contributed by atoms with Gasteiger partial charge < -0.3 is 14.8 Å². The molecular formula is C24H18Br2N2O3. The zero-order valence-corrected chi connectivity index (χ0v) is 20.0. The summed E-state index contributed by atoms with van der Waals surface area (Å²) < 4.78 is 12.5. The largest absolute Gasteiger partial charge is 0.497 e. The minimum Gasteiger partial charge on any atom is -0.497 e. The number of rotatable bonds is 5. The number of methoxy groups -OCH3 is 2. The van der Waals surface area contributed by atoms with Crippen molar-refractivity contribution in [1.29, 1.82) is 0 Å². The molecule has 1 aromatic heterocycles. The van der Waals surface area contributed by atoms with E-state index in [-0.39, 0.29) is 5.91 Å². The van der Waals surface area contributed by atoms with Crippen LogP contribution in [0.3, 0.4) is 0 Å². The summed E-state index contributed by atoms with van der Waals surface area (Å²) in [6.45, 7) is 0. The number of benzene rings is 3. The van der Waals surface area contributed by atoms with Crippen LogP contribution in [0.2, 0.25) is 0 Å². The summed E-state index contributed by atoms with van der Waals surface area (Å²) in [6.07, 6.45) is 0. The molecule has 0 fully saturated rings. The highest BCUT2D eigenvalue weighted by Crippen LogP contribution is 2.35. The Morgan fingerprint density at radius 3 is 2.48 bits per heavy atom. The highest BCUT2D eigenvalue weighted by molar-refractivity contribution is 9.11. The lowest BCUT2D eigenvalue weighted by molar-refractivity contribution is 0.102. The average Bonchev–Trinajstić information content (AvgIpc) is 2.79. The summed E-state index contributed by atoms with van der Waals surface area (Å²) in [5, 5.41) is 3.75. The van der Waals surface area contributed by atoms with Crippen LogP contribution < -0.4 is 14.8 Å². The van der Waals surface area contributed by atoms with E-state index in [1.54, 1.807) is 26.4 Å². The molecule has 0 saturated carbocycles. The molecule has 0 aliphatic rings. The van der Waals surface area contributed by atoms with Crippen LogP contribution in [0.1, 0.15) is 10.4 Å². The third-order valence-electron chi connectivity index (χ3n) is 4.82. The van der Waals surface area contributed by atoms with Gasteiger partial charge in [0.1, 0.15) is 11.5 Å². The van der Waals surface area contributed by atoms with Crippen LogP contribution in [0.15, 0.2) is 75.7 Å². The number of aromatic nitrogens is 1. The molecule has 0 saturated heterocycles. The van der Waals surface area contributed by atoms with Gasteiger partial charge in [0.15, 0.2) is 0 Å². The van der Waals surface area contributed by atoms with Gasteiger partial charge in [-0.1, -0.05) is 34.1 Å². The van der Waals surface area contributed by atoms with E-state index >= 15 is 0 Å². The Morgan fingerprint density at radius 2 is 1.74 bits per heavy atom. The first-order valence-corrected chi connectivity index (χ1v) is 11.0. The van der Waals surface area contributed by atoms with Gasteiger partial charge in [0.05, 0.1) is 36.7 Å². The number of amides is 1. The molecule has 3 aromatic carbocycles.